The van der Waals surface area contributed by atoms with Gasteiger partial charge in [-0.25, -0.2) is 0 Å². The highest BCUT2D eigenvalue weighted by Gasteiger charge is 2.27. The number of rotatable bonds is 2. The third-order valence-electron chi connectivity index (χ3n) is 4.01. The van der Waals surface area contributed by atoms with Crippen molar-refractivity contribution in [2.24, 2.45) is 0 Å². The van der Waals surface area contributed by atoms with Crippen LogP contribution in [0.3, 0.4) is 0 Å². The van der Waals surface area contributed by atoms with Crippen molar-refractivity contribution in [1.82, 2.24) is 4.90 Å². The van der Waals surface area contributed by atoms with E-state index in [1.165, 1.54) is 16.7 Å². The third kappa shape index (κ3) is 2.05. The molecule has 0 spiro atoms. The lowest BCUT2D eigenvalue weighted by molar-refractivity contribution is 0.0766. The van der Waals surface area contributed by atoms with E-state index in [1.54, 1.807) is 6.07 Å². The molecule has 3 nitrogen and oxygen atoms in total. The van der Waals surface area contributed by atoms with Gasteiger partial charge in [-0.1, -0.05) is 24.3 Å². The first kappa shape index (κ1) is 12.7. The number of anilines is 1. The fourth-order valence-corrected chi connectivity index (χ4v) is 2.80. The Bertz CT molecular complexity index is 671. The number of carbonyl (C=O) groups is 1. The molecule has 0 fully saturated rings. The smallest absolute Gasteiger partial charge is 0.254 e. The predicted molar refractivity (Wildman–Crippen MR) is 80.3 cm³/mol. The van der Waals surface area contributed by atoms with Crippen molar-refractivity contribution in [3.05, 3.63) is 64.2 Å². The molecule has 20 heavy (non-hydrogen) atoms. The number of nitrogens with zero attached hydrogens (tertiary/aromatic N) is 1. The van der Waals surface area contributed by atoms with Crippen LogP contribution in [-0.4, -0.2) is 10.8 Å². The van der Waals surface area contributed by atoms with Crippen LogP contribution in [0.1, 0.15) is 32.6 Å². The number of benzene rings is 2. The molecule has 1 aliphatic heterocycles. The number of amides is 1. The zero-order valence-corrected chi connectivity index (χ0v) is 11.8. The Labute approximate surface area is 119 Å². The Balaban J connectivity index is 1.90. The molecular formula is C17H18N2O. The summed E-state index contributed by atoms with van der Waals surface area (Å²) in [5.41, 5.74) is 11.9. The van der Waals surface area contributed by atoms with Crippen LogP contribution in [0.5, 0.6) is 0 Å². The molecule has 0 aliphatic carbocycles. The highest BCUT2D eigenvalue weighted by atomic mass is 16.2. The highest BCUT2D eigenvalue weighted by Crippen LogP contribution is 2.27. The van der Waals surface area contributed by atoms with E-state index in [0.29, 0.717) is 18.8 Å². The number of fused-ring (bicyclic) bond motifs is 1. The second kappa shape index (κ2) is 4.67. The summed E-state index contributed by atoms with van der Waals surface area (Å²) in [7, 11) is 0. The number of hydrogen-bond donors (Lipinski definition) is 1. The summed E-state index contributed by atoms with van der Waals surface area (Å²) >= 11 is 0. The number of nitrogen functional groups attached to an aromatic ring is 1. The quantitative estimate of drug-likeness (QED) is 0.849. The van der Waals surface area contributed by atoms with E-state index in [9.17, 15) is 4.79 Å². The van der Waals surface area contributed by atoms with Crippen molar-refractivity contribution >= 4 is 11.6 Å². The molecule has 3 heteroatoms. The molecule has 0 radical (unpaired) electrons. The molecule has 1 heterocycles. The van der Waals surface area contributed by atoms with Gasteiger partial charge in [0.25, 0.3) is 5.91 Å². The first-order valence-electron chi connectivity index (χ1n) is 6.79. The molecule has 2 aromatic carbocycles. The first-order valence-corrected chi connectivity index (χ1v) is 6.79. The van der Waals surface area contributed by atoms with Crippen LogP contribution in [0.25, 0.3) is 0 Å². The highest BCUT2D eigenvalue weighted by molar-refractivity contribution is 5.99. The average molecular weight is 266 g/mol. The molecule has 0 atom stereocenters. The predicted octanol–water partition coefficient (Wildman–Crippen LogP) is 3.04. The van der Waals surface area contributed by atoms with Crippen molar-refractivity contribution in [3.63, 3.8) is 0 Å². The first-order chi connectivity index (χ1) is 9.56. The van der Waals surface area contributed by atoms with Crippen LogP contribution in [-0.2, 0) is 13.1 Å². The van der Waals surface area contributed by atoms with Crippen molar-refractivity contribution in [2.45, 2.75) is 26.9 Å². The second-order valence-electron chi connectivity index (χ2n) is 5.45. The van der Waals surface area contributed by atoms with Crippen molar-refractivity contribution in [1.29, 1.82) is 0 Å². The van der Waals surface area contributed by atoms with Gasteiger partial charge >= 0.3 is 0 Å². The van der Waals surface area contributed by atoms with E-state index in [-0.39, 0.29) is 5.91 Å². The van der Waals surface area contributed by atoms with Crippen LogP contribution >= 0.6 is 0 Å². The largest absolute Gasteiger partial charge is 0.399 e. The maximum atomic E-state index is 12.4. The Hall–Kier alpha value is -2.29. The lowest BCUT2D eigenvalue weighted by atomic mass is 10.0. The van der Waals surface area contributed by atoms with Crippen LogP contribution in [0.4, 0.5) is 5.69 Å². The second-order valence-corrected chi connectivity index (χ2v) is 5.45. The number of nitrogens with two attached hydrogens (primary N) is 1. The Morgan fingerprint density at radius 3 is 2.55 bits per heavy atom. The zero-order valence-electron chi connectivity index (χ0n) is 11.8. The molecule has 1 aliphatic rings. The Morgan fingerprint density at radius 1 is 1.15 bits per heavy atom. The fraction of sp³-hybridized carbons (Fsp3) is 0.235. The van der Waals surface area contributed by atoms with Gasteiger partial charge in [-0.05, 0) is 48.2 Å². The minimum Gasteiger partial charge on any atom is -0.399 e. The van der Waals surface area contributed by atoms with E-state index in [2.05, 4.69) is 32.0 Å². The summed E-state index contributed by atoms with van der Waals surface area (Å²) in [6, 6.07) is 11.8. The summed E-state index contributed by atoms with van der Waals surface area (Å²) in [5, 5.41) is 0. The molecule has 3 rings (SSSR count). The maximum Gasteiger partial charge on any atom is 0.254 e. The standard InChI is InChI=1S/C17H18N2O/c1-11-4-3-5-12(2)16(11)10-19-9-13-6-7-14(18)8-15(13)17(19)20/h3-8H,9-10,18H2,1-2H3. The molecule has 1 amide bonds. The Morgan fingerprint density at radius 2 is 1.85 bits per heavy atom. The van der Waals surface area contributed by atoms with Gasteiger partial charge in [-0.15, -0.1) is 0 Å². The molecular weight excluding hydrogens is 248 g/mol. The summed E-state index contributed by atoms with van der Waals surface area (Å²) in [6.45, 7) is 5.51. The van der Waals surface area contributed by atoms with E-state index in [1.807, 2.05) is 17.0 Å². The van der Waals surface area contributed by atoms with Gasteiger partial charge in [-0.2, -0.15) is 0 Å². The van der Waals surface area contributed by atoms with Gasteiger partial charge in [0.2, 0.25) is 0 Å². The zero-order chi connectivity index (χ0) is 14.3. The molecule has 2 N–H and O–H groups in total. The van der Waals surface area contributed by atoms with Crippen LogP contribution in [0.15, 0.2) is 36.4 Å². The minimum atomic E-state index is 0.0787. The van der Waals surface area contributed by atoms with Gasteiger partial charge in [0.1, 0.15) is 0 Å². The fourth-order valence-electron chi connectivity index (χ4n) is 2.80. The lowest BCUT2D eigenvalue weighted by Gasteiger charge is -2.19. The van der Waals surface area contributed by atoms with Gasteiger partial charge in [-0.3, -0.25) is 4.79 Å². The molecule has 0 saturated carbocycles. The number of carbonyl (C=O) groups excluding carboxylic acids is 1. The van der Waals surface area contributed by atoms with E-state index in [4.69, 9.17) is 5.73 Å². The van der Waals surface area contributed by atoms with Crippen molar-refractivity contribution in [2.75, 3.05) is 5.73 Å². The molecule has 0 aromatic heterocycles. The number of aryl methyl sites for hydroxylation is 2. The van der Waals surface area contributed by atoms with E-state index >= 15 is 0 Å². The van der Waals surface area contributed by atoms with E-state index in [0.717, 1.165) is 11.1 Å². The lowest BCUT2D eigenvalue weighted by Crippen LogP contribution is -2.24. The monoisotopic (exact) mass is 266 g/mol. The molecule has 2 aromatic rings. The topological polar surface area (TPSA) is 46.3 Å². The minimum absolute atomic E-state index is 0.0787. The van der Waals surface area contributed by atoms with Crippen LogP contribution in [0, 0.1) is 13.8 Å². The summed E-state index contributed by atoms with van der Waals surface area (Å²) in [6.07, 6.45) is 0. The molecule has 0 bridgehead atoms. The summed E-state index contributed by atoms with van der Waals surface area (Å²) in [5.74, 6) is 0.0787. The van der Waals surface area contributed by atoms with E-state index < -0.39 is 0 Å². The molecule has 0 unspecified atom stereocenters. The summed E-state index contributed by atoms with van der Waals surface area (Å²) < 4.78 is 0. The molecule has 102 valence electrons. The van der Waals surface area contributed by atoms with Gasteiger partial charge in [0, 0.05) is 24.3 Å². The van der Waals surface area contributed by atoms with Gasteiger partial charge in [0.05, 0.1) is 0 Å². The van der Waals surface area contributed by atoms with Crippen LogP contribution in [0.2, 0.25) is 0 Å². The van der Waals surface area contributed by atoms with Crippen molar-refractivity contribution in [3.8, 4) is 0 Å². The van der Waals surface area contributed by atoms with Crippen molar-refractivity contribution < 1.29 is 4.79 Å². The SMILES string of the molecule is Cc1cccc(C)c1CN1Cc2ccc(N)cc2C1=O. The normalized spacial score (nSPS) is 13.7. The Kier molecular flexibility index (Phi) is 2.97. The van der Waals surface area contributed by atoms with Crippen LogP contribution < -0.4 is 5.73 Å². The summed E-state index contributed by atoms with van der Waals surface area (Å²) in [4.78, 5) is 14.3. The molecule has 0 saturated heterocycles. The number of hydrogen-bond acceptors (Lipinski definition) is 2. The maximum absolute atomic E-state index is 12.4. The van der Waals surface area contributed by atoms with Gasteiger partial charge in [0.15, 0.2) is 0 Å². The van der Waals surface area contributed by atoms with Gasteiger partial charge < -0.3 is 10.6 Å². The third-order valence-corrected chi connectivity index (χ3v) is 4.01. The average Bonchev–Trinajstić information content (AvgIpc) is 2.71.